The van der Waals surface area contributed by atoms with E-state index in [-0.39, 0.29) is 23.8 Å². The normalized spacial score (nSPS) is 13.1. The molecule has 29 heavy (non-hydrogen) atoms. The van der Waals surface area contributed by atoms with Crippen molar-refractivity contribution in [2.75, 3.05) is 0 Å². The Hall–Kier alpha value is -3.35. The number of aryl methyl sites for hydroxylation is 2. The summed E-state index contributed by atoms with van der Waals surface area (Å²) in [5.74, 6) is 0.669. The van der Waals surface area contributed by atoms with Crippen molar-refractivity contribution in [1.29, 1.82) is 0 Å². The molecule has 1 aromatic carbocycles. The van der Waals surface area contributed by atoms with Crippen molar-refractivity contribution in [3.8, 4) is 0 Å². The lowest BCUT2D eigenvalue weighted by atomic mass is 10.1. The molecule has 0 aliphatic heterocycles. The van der Waals surface area contributed by atoms with E-state index in [0.29, 0.717) is 16.9 Å². The minimum atomic E-state index is -0.363. The minimum Gasteiger partial charge on any atom is -0.307 e. The highest BCUT2D eigenvalue weighted by Crippen LogP contribution is 2.27. The zero-order valence-electron chi connectivity index (χ0n) is 17.4. The summed E-state index contributed by atoms with van der Waals surface area (Å²) < 4.78 is 6.73. The molecule has 0 saturated heterocycles. The second-order valence-corrected chi connectivity index (χ2v) is 7.37. The maximum absolute atomic E-state index is 13.2. The van der Waals surface area contributed by atoms with Gasteiger partial charge < -0.3 is 4.57 Å². The summed E-state index contributed by atoms with van der Waals surface area (Å²) in [6, 6.07) is 10.2. The molecule has 0 spiro atoms. The lowest BCUT2D eigenvalue weighted by Crippen LogP contribution is -2.39. The van der Waals surface area contributed by atoms with Crippen molar-refractivity contribution in [2.45, 2.75) is 40.3 Å². The van der Waals surface area contributed by atoms with Gasteiger partial charge in [0.1, 0.15) is 0 Å². The first kappa shape index (κ1) is 19.0. The van der Waals surface area contributed by atoms with Crippen LogP contribution in [0, 0.1) is 13.8 Å². The second-order valence-electron chi connectivity index (χ2n) is 7.37. The number of fused-ring (bicyclic) bond motifs is 3. The highest BCUT2D eigenvalue weighted by atomic mass is 16.2. The van der Waals surface area contributed by atoms with Crippen LogP contribution in [0.1, 0.15) is 36.8 Å². The molecule has 4 rings (SSSR count). The van der Waals surface area contributed by atoms with Gasteiger partial charge >= 0.3 is 5.69 Å². The van der Waals surface area contributed by atoms with Crippen LogP contribution < -0.4 is 11.2 Å². The van der Waals surface area contributed by atoms with E-state index in [9.17, 15) is 9.59 Å². The first-order chi connectivity index (χ1) is 13.9. The molecular formula is C22H25N5O2. The number of rotatable bonds is 4. The van der Waals surface area contributed by atoms with E-state index in [0.717, 1.165) is 17.0 Å². The quantitative estimate of drug-likeness (QED) is 0.503. The molecule has 0 aliphatic rings. The Balaban J connectivity index is 2.10. The van der Waals surface area contributed by atoms with Gasteiger partial charge in [0, 0.05) is 25.0 Å². The van der Waals surface area contributed by atoms with Crippen LogP contribution in [0.25, 0.3) is 16.9 Å². The number of allylic oxidation sites excluding steroid dienone is 2. The first-order valence-electron chi connectivity index (χ1n) is 9.74. The summed E-state index contributed by atoms with van der Waals surface area (Å²) in [6.07, 6.45) is 3.63. The average Bonchev–Trinajstić information content (AvgIpc) is 3.22. The number of aromatic nitrogens is 5. The van der Waals surface area contributed by atoms with E-state index in [2.05, 4.69) is 23.6 Å². The Morgan fingerprint density at radius 2 is 1.79 bits per heavy atom. The summed E-state index contributed by atoms with van der Waals surface area (Å²) in [7, 11) is 1.66. The third-order valence-electron chi connectivity index (χ3n) is 5.75. The molecule has 0 fully saturated rings. The zero-order valence-corrected chi connectivity index (χ0v) is 17.4. The van der Waals surface area contributed by atoms with Crippen molar-refractivity contribution in [2.24, 2.45) is 7.05 Å². The Morgan fingerprint density at radius 3 is 2.45 bits per heavy atom. The average molecular weight is 391 g/mol. The van der Waals surface area contributed by atoms with Crippen LogP contribution in [0.2, 0.25) is 0 Å². The maximum atomic E-state index is 13.2. The van der Waals surface area contributed by atoms with Gasteiger partial charge in [0.05, 0.1) is 6.04 Å². The molecule has 0 aliphatic carbocycles. The van der Waals surface area contributed by atoms with E-state index >= 15 is 0 Å². The molecule has 7 heteroatoms. The van der Waals surface area contributed by atoms with Crippen LogP contribution in [0.4, 0.5) is 0 Å². The maximum Gasteiger partial charge on any atom is 0.332 e. The van der Waals surface area contributed by atoms with E-state index in [1.807, 2.05) is 49.4 Å². The second kappa shape index (κ2) is 6.92. The van der Waals surface area contributed by atoms with Gasteiger partial charge in [-0.15, -0.1) is 0 Å². The van der Waals surface area contributed by atoms with Crippen LogP contribution in [0.3, 0.4) is 0 Å². The molecule has 0 saturated carbocycles. The van der Waals surface area contributed by atoms with E-state index in [4.69, 9.17) is 4.98 Å². The van der Waals surface area contributed by atoms with Gasteiger partial charge in [-0.2, -0.15) is 4.98 Å². The minimum absolute atomic E-state index is 0.0338. The van der Waals surface area contributed by atoms with Gasteiger partial charge in [0.2, 0.25) is 5.78 Å². The van der Waals surface area contributed by atoms with Crippen molar-refractivity contribution in [3.05, 3.63) is 80.3 Å². The van der Waals surface area contributed by atoms with E-state index in [1.165, 1.54) is 9.13 Å². The monoisotopic (exact) mass is 391 g/mol. The summed E-state index contributed by atoms with van der Waals surface area (Å²) in [5, 5.41) is 0. The highest BCUT2D eigenvalue weighted by molar-refractivity contribution is 5.76. The Labute approximate surface area is 168 Å². The number of imidazole rings is 2. The van der Waals surface area contributed by atoms with Crippen molar-refractivity contribution in [1.82, 2.24) is 23.1 Å². The molecule has 0 N–H and O–H groups in total. The smallest absolute Gasteiger partial charge is 0.307 e. The fourth-order valence-corrected chi connectivity index (χ4v) is 3.99. The third-order valence-corrected chi connectivity index (χ3v) is 5.75. The van der Waals surface area contributed by atoms with Gasteiger partial charge in [0.15, 0.2) is 11.2 Å². The number of hydrogen-bond acceptors (Lipinski definition) is 3. The molecule has 4 aromatic rings. The van der Waals surface area contributed by atoms with Gasteiger partial charge in [-0.1, -0.05) is 42.5 Å². The molecule has 3 heterocycles. The van der Waals surface area contributed by atoms with Crippen molar-refractivity contribution < 1.29 is 0 Å². The van der Waals surface area contributed by atoms with Crippen LogP contribution in [-0.2, 0) is 13.6 Å². The predicted octanol–water partition coefficient (Wildman–Crippen LogP) is 2.95. The van der Waals surface area contributed by atoms with Crippen molar-refractivity contribution in [3.63, 3.8) is 0 Å². The van der Waals surface area contributed by atoms with Gasteiger partial charge in [-0.25, -0.2) is 4.79 Å². The molecule has 0 bridgehead atoms. The number of benzene rings is 1. The summed E-state index contributed by atoms with van der Waals surface area (Å²) >= 11 is 0. The highest BCUT2D eigenvalue weighted by Gasteiger charge is 2.24. The van der Waals surface area contributed by atoms with Gasteiger partial charge in [-0.3, -0.25) is 18.3 Å². The van der Waals surface area contributed by atoms with Gasteiger partial charge in [-0.05, 0) is 33.3 Å². The van der Waals surface area contributed by atoms with Crippen LogP contribution in [-0.4, -0.2) is 23.1 Å². The molecular weight excluding hydrogens is 366 g/mol. The van der Waals surface area contributed by atoms with Crippen LogP contribution >= 0.6 is 0 Å². The summed E-state index contributed by atoms with van der Waals surface area (Å²) in [5.41, 5.74) is 3.30. The summed E-state index contributed by atoms with van der Waals surface area (Å²) in [6.45, 7) is 8.24. The number of nitrogens with zero attached hydrogens (tertiary/aromatic N) is 5. The molecule has 3 aromatic heterocycles. The topological polar surface area (TPSA) is 66.2 Å². The van der Waals surface area contributed by atoms with Crippen LogP contribution in [0.5, 0.6) is 0 Å². The fraction of sp³-hybridized carbons (Fsp3) is 0.318. The lowest BCUT2D eigenvalue weighted by molar-refractivity contribution is 0.637. The molecule has 0 amide bonds. The largest absolute Gasteiger partial charge is 0.332 e. The SMILES string of the molecule is C/C=C\Cn1c(=O)c2c(nc3n([C@@H](C)c4ccccc4)c(C)c(C)n23)n(C)c1=O. The zero-order chi connectivity index (χ0) is 20.9. The van der Waals surface area contributed by atoms with E-state index in [1.54, 1.807) is 13.1 Å². The molecule has 1 atom stereocenters. The van der Waals surface area contributed by atoms with Gasteiger partial charge in [0.25, 0.3) is 5.56 Å². The lowest BCUT2D eigenvalue weighted by Gasteiger charge is -2.16. The standard InChI is InChI=1S/C22H25N5O2/c1-6-7-13-25-20(28)18-19(24(5)22(25)29)23-21-26(14(2)15(3)27(18)21)16(4)17-11-9-8-10-12-17/h6-12,16H,13H2,1-5H3/b7-6-/t16-/m0/s1. The third kappa shape index (κ3) is 2.68. The predicted molar refractivity (Wildman–Crippen MR) is 115 cm³/mol. The van der Waals surface area contributed by atoms with E-state index < -0.39 is 0 Å². The fourth-order valence-electron chi connectivity index (χ4n) is 3.99. The molecule has 7 nitrogen and oxygen atoms in total. The Bertz CT molecular complexity index is 1370. The molecule has 150 valence electrons. The first-order valence-corrected chi connectivity index (χ1v) is 9.74. The molecule has 0 unspecified atom stereocenters. The summed E-state index contributed by atoms with van der Waals surface area (Å²) in [4.78, 5) is 30.7. The Morgan fingerprint density at radius 1 is 1.10 bits per heavy atom. The molecule has 0 radical (unpaired) electrons. The Kier molecular flexibility index (Phi) is 4.53. The van der Waals surface area contributed by atoms with Crippen LogP contribution in [0.15, 0.2) is 52.1 Å². The number of hydrogen-bond donors (Lipinski definition) is 0. The van der Waals surface area contributed by atoms with Crippen molar-refractivity contribution >= 4 is 16.9 Å².